The Morgan fingerprint density at radius 2 is 2.25 bits per heavy atom. The van der Waals surface area contributed by atoms with Crippen LogP contribution >= 0.6 is 23.1 Å². The topological polar surface area (TPSA) is 69.0 Å². The zero-order valence-corrected chi connectivity index (χ0v) is 15.4. The van der Waals surface area contributed by atoms with Crippen molar-refractivity contribution in [3.05, 3.63) is 38.2 Å². The molecule has 1 N–H and O–H groups in total. The normalized spacial score (nSPS) is 23.2. The lowest BCUT2D eigenvalue weighted by molar-refractivity contribution is 0.182. The maximum absolute atomic E-state index is 12.5. The van der Waals surface area contributed by atoms with Gasteiger partial charge in [-0.1, -0.05) is 0 Å². The molecule has 2 unspecified atom stereocenters. The number of fused-ring (bicyclic) bond motifs is 1. The Morgan fingerprint density at radius 1 is 1.38 bits per heavy atom. The standard InChI is InChI=1S/C16H20N4O2S2/c1-9-10(2)24-16(17-9)18-13-6-22-7-14(13)20-15(21)5-11-8-23-4-3-12(11)19-20/h5,13-14H,3-4,6-8H2,1-2H3,(H,17,18). The van der Waals surface area contributed by atoms with Crippen LogP contribution in [0.5, 0.6) is 0 Å². The minimum absolute atomic E-state index is 0.0103. The van der Waals surface area contributed by atoms with Gasteiger partial charge in [0.2, 0.25) is 0 Å². The van der Waals surface area contributed by atoms with Crippen molar-refractivity contribution in [2.45, 2.75) is 38.1 Å². The summed E-state index contributed by atoms with van der Waals surface area (Å²) in [4.78, 5) is 18.3. The van der Waals surface area contributed by atoms with Gasteiger partial charge in [-0.25, -0.2) is 9.67 Å². The number of ether oxygens (including phenoxy) is 1. The van der Waals surface area contributed by atoms with Gasteiger partial charge < -0.3 is 10.1 Å². The summed E-state index contributed by atoms with van der Waals surface area (Å²) in [5.41, 5.74) is 3.15. The van der Waals surface area contributed by atoms with Crippen molar-refractivity contribution in [3.63, 3.8) is 0 Å². The number of aromatic nitrogens is 3. The summed E-state index contributed by atoms with van der Waals surface area (Å²) in [5, 5.41) is 8.98. The summed E-state index contributed by atoms with van der Waals surface area (Å²) in [6.07, 6.45) is 0.927. The lowest BCUT2D eigenvalue weighted by atomic mass is 10.1. The van der Waals surface area contributed by atoms with E-state index in [2.05, 4.69) is 22.3 Å². The van der Waals surface area contributed by atoms with Crippen LogP contribution in [0.15, 0.2) is 10.9 Å². The quantitative estimate of drug-likeness (QED) is 0.900. The van der Waals surface area contributed by atoms with Crippen molar-refractivity contribution < 1.29 is 4.74 Å². The SMILES string of the molecule is Cc1nc(NC2COCC2n2nc3c(cc2=O)CSCC3)sc1C. The molecule has 24 heavy (non-hydrogen) atoms. The van der Waals surface area contributed by atoms with Gasteiger partial charge in [-0.3, -0.25) is 4.79 Å². The van der Waals surface area contributed by atoms with E-state index in [1.807, 2.05) is 18.7 Å². The third-order valence-electron chi connectivity index (χ3n) is 4.57. The Morgan fingerprint density at radius 3 is 3.04 bits per heavy atom. The van der Waals surface area contributed by atoms with Crippen LogP contribution in [-0.2, 0) is 16.9 Å². The van der Waals surface area contributed by atoms with Crippen molar-refractivity contribution in [1.82, 2.24) is 14.8 Å². The van der Waals surface area contributed by atoms with Crippen molar-refractivity contribution >= 4 is 28.2 Å². The van der Waals surface area contributed by atoms with Crippen LogP contribution in [0.4, 0.5) is 5.13 Å². The van der Waals surface area contributed by atoms with Crippen molar-refractivity contribution in [3.8, 4) is 0 Å². The molecule has 4 rings (SSSR count). The second kappa shape index (κ2) is 6.50. The molecule has 2 aliphatic rings. The van der Waals surface area contributed by atoms with Gasteiger partial charge >= 0.3 is 0 Å². The van der Waals surface area contributed by atoms with Crippen LogP contribution in [0.1, 0.15) is 27.9 Å². The smallest absolute Gasteiger partial charge is 0.267 e. The highest BCUT2D eigenvalue weighted by molar-refractivity contribution is 7.98. The second-order valence-electron chi connectivity index (χ2n) is 6.22. The molecule has 0 aromatic carbocycles. The molecule has 2 aliphatic heterocycles. The van der Waals surface area contributed by atoms with Gasteiger partial charge in [0.1, 0.15) is 6.04 Å². The number of anilines is 1. The van der Waals surface area contributed by atoms with E-state index >= 15 is 0 Å². The van der Waals surface area contributed by atoms with E-state index in [1.54, 1.807) is 22.1 Å². The largest absolute Gasteiger partial charge is 0.377 e. The predicted molar refractivity (Wildman–Crippen MR) is 97.2 cm³/mol. The molecule has 0 radical (unpaired) electrons. The number of aryl methyl sites for hydroxylation is 3. The average molecular weight is 364 g/mol. The number of rotatable bonds is 3. The maximum Gasteiger partial charge on any atom is 0.267 e. The molecule has 0 amide bonds. The number of hydrogen-bond donors (Lipinski definition) is 1. The van der Waals surface area contributed by atoms with E-state index in [0.29, 0.717) is 13.2 Å². The first kappa shape index (κ1) is 16.1. The van der Waals surface area contributed by atoms with Gasteiger partial charge in [0, 0.05) is 23.1 Å². The monoisotopic (exact) mass is 364 g/mol. The minimum atomic E-state index is -0.0955. The molecule has 2 atom stereocenters. The number of hydrogen-bond acceptors (Lipinski definition) is 7. The summed E-state index contributed by atoms with van der Waals surface area (Å²) in [7, 11) is 0. The fraction of sp³-hybridized carbons (Fsp3) is 0.562. The first-order valence-electron chi connectivity index (χ1n) is 8.09. The Bertz CT molecular complexity index is 797. The Labute approximate surface area is 148 Å². The molecule has 0 aliphatic carbocycles. The second-order valence-corrected chi connectivity index (χ2v) is 8.53. The average Bonchev–Trinajstić information content (AvgIpc) is 3.14. The van der Waals surface area contributed by atoms with Crippen LogP contribution in [0.2, 0.25) is 0 Å². The summed E-state index contributed by atoms with van der Waals surface area (Å²) in [6, 6.07) is 1.67. The molecule has 2 aromatic heterocycles. The van der Waals surface area contributed by atoms with Crippen molar-refractivity contribution in [1.29, 1.82) is 0 Å². The summed E-state index contributed by atoms with van der Waals surface area (Å²) < 4.78 is 7.26. The van der Waals surface area contributed by atoms with E-state index in [1.165, 1.54) is 4.88 Å². The van der Waals surface area contributed by atoms with Gasteiger partial charge in [0.15, 0.2) is 5.13 Å². The molecule has 1 fully saturated rings. The highest BCUT2D eigenvalue weighted by Gasteiger charge is 2.32. The molecule has 4 heterocycles. The first-order chi connectivity index (χ1) is 11.6. The molecule has 2 aromatic rings. The van der Waals surface area contributed by atoms with E-state index in [0.717, 1.165) is 40.0 Å². The predicted octanol–water partition coefficient (Wildman–Crippen LogP) is 2.16. The highest BCUT2D eigenvalue weighted by Crippen LogP contribution is 2.27. The maximum atomic E-state index is 12.5. The van der Waals surface area contributed by atoms with Crippen LogP contribution in [-0.4, -0.2) is 39.8 Å². The number of nitrogens with one attached hydrogen (secondary N) is 1. The van der Waals surface area contributed by atoms with Crippen LogP contribution < -0.4 is 10.9 Å². The molecule has 8 heteroatoms. The number of thioether (sulfide) groups is 1. The van der Waals surface area contributed by atoms with Crippen molar-refractivity contribution in [2.24, 2.45) is 0 Å². The molecule has 0 saturated carbocycles. The van der Waals surface area contributed by atoms with Gasteiger partial charge in [0.25, 0.3) is 5.56 Å². The first-order valence-corrected chi connectivity index (χ1v) is 10.1. The molecule has 1 saturated heterocycles. The van der Waals surface area contributed by atoms with Crippen LogP contribution in [0, 0.1) is 13.8 Å². The molecule has 0 spiro atoms. The van der Waals surface area contributed by atoms with E-state index in [4.69, 9.17) is 4.74 Å². The molecule has 6 nitrogen and oxygen atoms in total. The van der Waals surface area contributed by atoms with Crippen molar-refractivity contribution in [2.75, 3.05) is 24.3 Å². The molecule has 0 bridgehead atoms. The van der Waals surface area contributed by atoms with E-state index in [-0.39, 0.29) is 17.6 Å². The van der Waals surface area contributed by atoms with Gasteiger partial charge in [-0.2, -0.15) is 16.9 Å². The Kier molecular flexibility index (Phi) is 4.36. The fourth-order valence-electron chi connectivity index (χ4n) is 3.08. The molecular weight excluding hydrogens is 344 g/mol. The summed E-state index contributed by atoms with van der Waals surface area (Å²) in [5.74, 6) is 1.96. The Balaban J connectivity index is 1.61. The summed E-state index contributed by atoms with van der Waals surface area (Å²) in [6.45, 7) is 5.13. The van der Waals surface area contributed by atoms with Gasteiger partial charge in [0.05, 0.1) is 30.6 Å². The molecule has 128 valence electrons. The number of thiazole rings is 1. The zero-order chi connectivity index (χ0) is 16.7. The fourth-order valence-corrected chi connectivity index (χ4v) is 4.91. The van der Waals surface area contributed by atoms with Gasteiger partial charge in [-0.05, 0) is 25.2 Å². The van der Waals surface area contributed by atoms with Crippen LogP contribution in [0.25, 0.3) is 0 Å². The van der Waals surface area contributed by atoms with Gasteiger partial charge in [-0.15, -0.1) is 11.3 Å². The highest BCUT2D eigenvalue weighted by atomic mass is 32.2. The lowest BCUT2D eigenvalue weighted by Gasteiger charge is -2.22. The Hall–Kier alpha value is -1.38. The van der Waals surface area contributed by atoms with E-state index < -0.39 is 0 Å². The van der Waals surface area contributed by atoms with E-state index in [9.17, 15) is 4.79 Å². The summed E-state index contributed by atoms with van der Waals surface area (Å²) >= 11 is 3.50. The third kappa shape index (κ3) is 2.98. The minimum Gasteiger partial charge on any atom is -0.377 e. The lowest BCUT2D eigenvalue weighted by Crippen LogP contribution is -2.38. The van der Waals surface area contributed by atoms with Crippen LogP contribution in [0.3, 0.4) is 0 Å². The zero-order valence-electron chi connectivity index (χ0n) is 13.7. The third-order valence-corrected chi connectivity index (χ3v) is 6.58. The number of nitrogens with zero attached hydrogens (tertiary/aromatic N) is 3. The molecular formula is C16H20N4O2S2.